The van der Waals surface area contributed by atoms with Crippen molar-refractivity contribution in [2.45, 2.75) is 0 Å². The monoisotopic (exact) mass is 376 g/mol. The summed E-state index contributed by atoms with van der Waals surface area (Å²) in [6, 6.07) is 7.03. The van der Waals surface area contributed by atoms with Gasteiger partial charge in [0.2, 0.25) is 0 Å². The number of hydrogen-bond donors (Lipinski definition) is 1. The highest BCUT2D eigenvalue weighted by molar-refractivity contribution is 6.46. The van der Waals surface area contributed by atoms with Crippen LogP contribution in [0, 0.1) is 0 Å². The number of halogens is 2. The van der Waals surface area contributed by atoms with Gasteiger partial charge in [-0.1, -0.05) is 35.3 Å². The summed E-state index contributed by atoms with van der Waals surface area (Å²) in [5, 5.41) is 2.31. The maximum atomic E-state index is 12.6. The van der Waals surface area contributed by atoms with Crippen LogP contribution in [0.5, 0.6) is 0 Å². The second kappa shape index (κ2) is 6.96. The molecular formula is C17H10Cl2N2O4. The largest absolute Gasteiger partial charge is 0.465 e. The molecule has 0 atom stereocenters. The van der Waals surface area contributed by atoms with Crippen LogP contribution in [0.4, 0.5) is 10.5 Å². The Morgan fingerprint density at radius 3 is 2.60 bits per heavy atom. The Balaban J connectivity index is 1.95. The Hall–Kier alpha value is -2.83. The standard InChI is InChI=1S/C17H10Cl2N2O4/c18-12-7-2-8-13(14(12)19)21-16(23)11(15(22)20-17(21)24)6-1-4-10-5-3-9-25-10/h1-9H,(H,20,22,24)/b4-1+,11-6+. The predicted octanol–water partition coefficient (Wildman–Crippen LogP) is 3.81. The molecule has 1 aliphatic heterocycles. The minimum Gasteiger partial charge on any atom is -0.465 e. The number of nitrogens with one attached hydrogen (secondary N) is 1. The van der Waals surface area contributed by atoms with Crippen LogP contribution in [0.2, 0.25) is 10.0 Å². The second-order valence-electron chi connectivity index (χ2n) is 4.93. The number of rotatable bonds is 3. The van der Waals surface area contributed by atoms with E-state index in [9.17, 15) is 14.4 Å². The summed E-state index contributed by atoms with van der Waals surface area (Å²) in [5.74, 6) is -1.05. The quantitative estimate of drug-likeness (QED) is 0.652. The average molecular weight is 377 g/mol. The summed E-state index contributed by atoms with van der Waals surface area (Å²) < 4.78 is 5.11. The van der Waals surface area contributed by atoms with Crippen LogP contribution in [0.3, 0.4) is 0 Å². The van der Waals surface area contributed by atoms with Crippen molar-refractivity contribution in [2.24, 2.45) is 0 Å². The van der Waals surface area contributed by atoms with Crippen LogP contribution in [-0.2, 0) is 9.59 Å². The number of urea groups is 1. The third kappa shape index (κ3) is 3.35. The van der Waals surface area contributed by atoms with Crippen LogP contribution in [0.1, 0.15) is 5.76 Å². The van der Waals surface area contributed by atoms with E-state index in [1.165, 1.54) is 30.5 Å². The summed E-state index contributed by atoms with van der Waals surface area (Å²) >= 11 is 12.0. The fraction of sp³-hybridized carbons (Fsp3) is 0. The Morgan fingerprint density at radius 1 is 1.08 bits per heavy atom. The number of furan rings is 1. The molecule has 2 aromatic rings. The third-order valence-electron chi connectivity index (χ3n) is 3.34. The predicted molar refractivity (Wildman–Crippen MR) is 93.3 cm³/mol. The van der Waals surface area contributed by atoms with Gasteiger partial charge in [0.15, 0.2) is 0 Å². The summed E-state index contributed by atoms with van der Waals surface area (Å²) in [4.78, 5) is 37.5. The first-order valence-electron chi connectivity index (χ1n) is 7.04. The van der Waals surface area contributed by atoms with Crippen LogP contribution in [0.15, 0.2) is 58.7 Å². The van der Waals surface area contributed by atoms with Gasteiger partial charge < -0.3 is 4.42 Å². The van der Waals surface area contributed by atoms with Crippen LogP contribution >= 0.6 is 23.2 Å². The number of benzene rings is 1. The van der Waals surface area contributed by atoms with Gasteiger partial charge in [-0.25, -0.2) is 9.69 Å². The number of carbonyl (C=O) groups is 3. The minimum atomic E-state index is -0.897. The van der Waals surface area contributed by atoms with Crippen molar-refractivity contribution in [1.29, 1.82) is 0 Å². The highest BCUT2D eigenvalue weighted by Crippen LogP contribution is 2.34. The lowest BCUT2D eigenvalue weighted by molar-refractivity contribution is -0.122. The smallest absolute Gasteiger partial charge is 0.336 e. The van der Waals surface area contributed by atoms with Crippen molar-refractivity contribution < 1.29 is 18.8 Å². The van der Waals surface area contributed by atoms with Gasteiger partial charge in [0.05, 0.1) is 22.0 Å². The van der Waals surface area contributed by atoms with Crippen LogP contribution < -0.4 is 10.2 Å². The zero-order valence-electron chi connectivity index (χ0n) is 12.5. The van der Waals surface area contributed by atoms with E-state index in [2.05, 4.69) is 5.32 Å². The molecule has 6 nitrogen and oxygen atoms in total. The molecule has 3 rings (SSSR count). The lowest BCUT2D eigenvalue weighted by atomic mass is 10.1. The third-order valence-corrected chi connectivity index (χ3v) is 4.15. The molecule has 1 aliphatic rings. The Morgan fingerprint density at radius 2 is 1.88 bits per heavy atom. The van der Waals surface area contributed by atoms with E-state index in [1.54, 1.807) is 24.3 Å². The number of nitrogens with zero attached hydrogens (tertiary/aromatic N) is 1. The molecule has 0 radical (unpaired) electrons. The van der Waals surface area contributed by atoms with Crippen molar-refractivity contribution in [3.63, 3.8) is 0 Å². The Bertz CT molecular complexity index is 917. The maximum Gasteiger partial charge on any atom is 0.336 e. The van der Waals surface area contributed by atoms with Gasteiger partial charge >= 0.3 is 6.03 Å². The van der Waals surface area contributed by atoms with Crippen molar-refractivity contribution in [3.8, 4) is 0 Å². The molecule has 0 unspecified atom stereocenters. The van der Waals surface area contributed by atoms with E-state index in [-0.39, 0.29) is 21.3 Å². The number of imide groups is 2. The molecule has 1 saturated heterocycles. The van der Waals surface area contributed by atoms with E-state index in [0.717, 1.165) is 4.90 Å². The molecule has 2 heterocycles. The first-order chi connectivity index (χ1) is 12.0. The molecule has 25 heavy (non-hydrogen) atoms. The number of amides is 4. The van der Waals surface area contributed by atoms with Crippen molar-refractivity contribution in [1.82, 2.24) is 5.32 Å². The van der Waals surface area contributed by atoms with Gasteiger partial charge in [-0.3, -0.25) is 14.9 Å². The Kier molecular flexibility index (Phi) is 4.74. The molecule has 0 aliphatic carbocycles. The van der Waals surface area contributed by atoms with Crippen LogP contribution in [-0.4, -0.2) is 17.8 Å². The molecular weight excluding hydrogens is 367 g/mol. The van der Waals surface area contributed by atoms with Gasteiger partial charge in [-0.05, 0) is 36.4 Å². The molecule has 1 fully saturated rings. The normalized spacial score (nSPS) is 16.8. The molecule has 1 aromatic heterocycles. The fourth-order valence-electron chi connectivity index (χ4n) is 2.19. The van der Waals surface area contributed by atoms with E-state index < -0.39 is 17.8 Å². The lowest BCUT2D eigenvalue weighted by Crippen LogP contribution is -2.54. The van der Waals surface area contributed by atoms with Gasteiger partial charge in [-0.15, -0.1) is 0 Å². The fourth-order valence-corrected chi connectivity index (χ4v) is 2.57. The van der Waals surface area contributed by atoms with E-state index in [4.69, 9.17) is 27.6 Å². The van der Waals surface area contributed by atoms with Crippen molar-refractivity contribution in [3.05, 3.63) is 70.1 Å². The number of barbiturate groups is 1. The summed E-state index contributed by atoms with van der Waals surface area (Å²) in [5.41, 5.74) is -0.136. The van der Waals surface area contributed by atoms with E-state index >= 15 is 0 Å². The van der Waals surface area contributed by atoms with Crippen molar-refractivity contribution >= 4 is 52.8 Å². The van der Waals surface area contributed by atoms with Gasteiger partial charge in [0.1, 0.15) is 11.3 Å². The number of allylic oxidation sites excluding steroid dienone is 2. The highest BCUT2D eigenvalue weighted by Gasteiger charge is 2.37. The maximum absolute atomic E-state index is 12.6. The van der Waals surface area contributed by atoms with E-state index in [1.807, 2.05) is 0 Å². The minimum absolute atomic E-state index is 0.0347. The van der Waals surface area contributed by atoms with Crippen LogP contribution in [0.25, 0.3) is 6.08 Å². The zero-order chi connectivity index (χ0) is 18.0. The summed E-state index contributed by atoms with van der Waals surface area (Å²) in [6.45, 7) is 0. The van der Waals surface area contributed by atoms with Gasteiger partial charge in [-0.2, -0.15) is 0 Å². The molecule has 0 saturated carbocycles. The first kappa shape index (κ1) is 17.0. The zero-order valence-corrected chi connectivity index (χ0v) is 14.0. The molecule has 1 aromatic carbocycles. The highest BCUT2D eigenvalue weighted by atomic mass is 35.5. The molecule has 126 valence electrons. The molecule has 8 heteroatoms. The number of carbonyl (C=O) groups excluding carboxylic acids is 3. The number of anilines is 1. The second-order valence-corrected chi connectivity index (χ2v) is 5.71. The van der Waals surface area contributed by atoms with E-state index in [0.29, 0.717) is 5.76 Å². The number of hydrogen-bond acceptors (Lipinski definition) is 4. The Labute approximate surface area is 152 Å². The summed E-state index contributed by atoms with van der Waals surface area (Å²) in [6.07, 6.45) is 5.82. The molecule has 0 spiro atoms. The van der Waals surface area contributed by atoms with Gasteiger partial charge in [0.25, 0.3) is 11.8 Å². The molecule has 4 amide bonds. The van der Waals surface area contributed by atoms with Gasteiger partial charge in [0, 0.05) is 0 Å². The topological polar surface area (TPSA) is 79.6 Å². The average Bonchev–Trinajstić information content (AvgIpc) is 3.07. The summed E-state index contributed by atoms with van der Waals surface area (Å²) in [7, 11) is 0. The SMILES string of the molecule is O=C1NC(=O)N(c2cccc(Cl)c2Cl)C(=O)/C1=C/C=C/c1ccco1. The first-order valence-corrected chi connectivity index (χ1v) is 7.80. The van der Waals surface area contributed by atoms with Crippen molar-refractivity contribution in [2.75, 3.05) is 4.90 Å². The molecule has 0 bridgehead atoms. The lowest BCUT2D eigenvalue weighted by Gasteiger charge is -2.27. The molecule has 1 N–H and O–H groups in total.